The van der Waals surface area contributed by atoms with Gasteiger partial charge in [0.05, 0.1) is 0 Å². The van der Waals surface area contributed by atoms with Gasteiger partial charge in [-0.05, 0) is 30.5 Å². The number of thiazole rings is 1. The summed E-state index contributed by atoms with van der Waals surface area (Å²) in [6, 6.07) is 7.15. The zero-order valence-corrected chi connectivity index (χ0v) is 15.6. The minimum absolute atomic E-state index is 0. The molecule has 1 aromatic carbocycles. The zero-order chi connectivity index (χ0) is 16.4. The van der Waals surface area contributed by atoms with Crippen molar-refractivity contribution in [1.82, 2.24) is 15.2 Å². The van der Waals surface area contributed by atoms with Gasteiger partial charge in [-0.15, -0.1) is 23.7 Å². The van der Waals surface area contributed by atoms with Crippen LogP contribution in [0.1, 0.15) is 40.4 Å². The molecule has 2 atom stereocenters. The van der Waals surface area contributed by atoms with Gasteiger partial charge < -0.3 is 10.1 Å². The van der Waals surface area contributed by atoms with Crippen molar-refractivity contribution >= 4 is 23.7 Å². The first kappa shape index (κ1) is 18.7. The molecule has 3 heterocycles. The van der Waals surface area contributed by atoms with Gasteiger partial charge in [0, 0.05) is 49.9 Å². The molecule has 0 radical (unpaired) electrons. The average Bonchev–Trinajstić information content (AvgIpc) is 3.26. The van der Waals surface area contributed by atoms with Crippen molar-refractivity contribution in [1.29, 1.82) is 0 Å². The van der Waals surface area contributed by atoms with Crippen molar-refractivity contribution < 1.29 is 9.13 Å². The standard InChI is InChI=1S/C18H22FN3OS.ClH/c19-14-4-1-3-13(9-14)16-11-20-6-7-22(16)12-15-10-21-18(24-15)17-5-2-8-23-17;/h1,3-4,9-10,16-17,20H,2,5-8,11-12H2;1H. The summed E-state index contributed by atoms with van der Waals surface area (Å²) in [6.07, 6.45) is 4.36. The van der Waals surface area contributed by atoms with Gasteiger partial charge in [0.1, 0.15) is 16.9 Å². The lowest BCUT2D eigenvalue weighted by atomic mass is 10.0. The first-order valence-corrected chi connectivity index (χ1v) is 9.38. The minimum atomic E-state index is -0.170. The Morgan fingerprint density at radius 3 is 3.12 bits per heavy atom. The van der Waals surface area contributed by atoms with Gasteiger partial charge >= 0.3 is 0 Å². The Bertz CT molecular complexity index is 692. The maximum absolute atomic E-state index is 13.6. The number of aromatic nitrogens is 1. The van der Waals surface area contributed by atoms with Gasteiger partial charge in [-0.2, -0.15) is 0 Å². The molecule has 136 valence electrons. The third-order valence-electron chi connectivity index (χ3n) is 4.72. The fourth-order valence-electron chi connectivity index (χ4n) is 3.50. The summed E-state index contributed by atoms with van der Waals surface area (Å²) in [6.45, 7) is 4.46. The number of benzene rings is 1. The van der Waals surface area contributed by atoms with Crippen LogP contribution in [0, 0.1) is 5.82 Å². The first-order valence-electron chi connectivity index (χ1n) is 8.56. The molecule has 1 aromatic heterocycles. The van der Waals surface area contributed by atoms with Crippen LogP contribution in [0.2, 0.25) is 0 Å². The van der Waals surface area contributed by atoms with Crippen molar-refractivity contribution in [2.24, 2.45) is 0 Å². The lowest BCUT2D eigenvalue weighted by molar-refractivity contribution is 0.111. The molecule has 0 saturated carbocycles. The Morgan fingerprint density at radius 1 is 1.40 bits per heavy atom. The second kappa shape index (κ2) is 8.56. The van der Waals surface area contributed by atoms with E-state index >= 15 is 0 Å². The van der Waals surface area contributed by atoms with Crippen molar-refractivity contribution in [2.75, 3.05) is 26.2 Å². The van der Waals surface area contributed by atoms with E-state index in [1.165, 1.54) is 10.9 Å². The van der Waals surface area contributed by atoms with E-state index in [1.54, 1.807) is 23.5 Å². The molecule has 2 unspecified atom stereocenters. The second-order valence-corrected chi connectivity index (χ2v) is 7.56. The maximum Gasteiger partial charge on any atom is 0.123 e. The first-order chi connectivity index (χ1) is 11.8. The molecule has 0 amide bonds. The van der Waals surface area contributed by atoms with E-state index in [0.717, 1.165) is 56.2 Å². The third kappa shape index (κ3) is 4.38. The number of nitrogens with one attached hydrogen (secondary N) is 1. The Hall–Kier alpha value is -1.05. The molecule has 4 nitrogen and oxygen atoms in total. The molecule has 1 N–H and O–H groups in total. The number of halogens is 2. The molecular weight excluding hydrogens is 361 g/mol. The summed E-state index contributed by atoms with van der Waals surface area (Å²) < 4.78 is 19.3. The summed E-state index contributed by atoms with van der Waals surface area (Å²) in [7, 11) is 0. The SMILES string of the molecule is Cl.Fc1cccc(C2CNCCN2Cc2cnc(C3CCCO3)s2)c1. The molecule has 2 fully saturated rings. The van der Waals surface area contributed by atoms with E-state index < -0.39 is 0 Å². The number of nitrogens with zero attached hydrogens (tertiary/aromatic N) is 2. The minimum Gasteiger partial charge on any atom is -0.371 e. The van der Waals surface area contributed by atoms with E-state index in [4.69, 9.17) is 4.74 Å². The highest BCUT2D eigenvalue weighted by Gasteiger charge is 2.26. The molecule has 2 aliphatic heterocycles. The molecule has 2 saturated heterocycles. The van der Waals surface area contributed by atoms with Gasteiger partial charge in [-0.3, -0.25) is 4.90 Å². The summed E-state index contributed by atoms with van der Waals surface area (Å²) in [5.74, 6) is -0.170. The average molecular weight is 384 g/mol. The van der Waals surface area contributed by atoms with Crippen molar-refractivity contribution in [3.63, 3.8) is 0 Å². The van der Waals surface area contributed by atoms with Gasteiger partial charge in [-0.1, -0.05) is 12.1 Å². The second-order valence-electron chi connectivity index (χ2n) is 6.41. The highest BCUT2D eigenvalue weighted by molar-refractivity contribution is 7.11. The van der Waals surface area contributed by atoms with Crippen molar-refractivity contribution in [2.45, 2.75) is 31.5 Å². The van der Waals surface area contributed by atoms with E-state index in [0.29, 0.717) is 0 Å². The van der Waals surface area contributed by atoms with E-state index in [9.17, 15) is 4.39 Å². The van der Waals surface area contributed by atoms with Crippen LogP contribution in [0.3, 0.4) is 0 Å². The summed E-state index contributed by atoms with van der Waals surface area (Å²) in [5, 5.41) is 4.52. The fourth-order valence-corrected chi connectivity index (χ4v) is 4.52. The predicted octanol–water partition coefficient (Wildman–Crippen LogP) is 3.70. The Labute approximate surface area is 157 Å². The quantitative estimate of drug-likeness (QED) is 0.873. The number of rotatable bonds is 4. The fraction of sp³-hybridized carbons (Fsp3) is 0.500. The topological polar surface area (TPSA) is 37.4 Å². The maximum atomic E-state index is 13.6. The third-order valence-corrected chi connectivity index (χ3v) is 5.80. The smallest absolute Gasteiger partial charge is 0.123 e. The Balaban J connectivity index is 0.00000182. The molecule has 2 aliphatic rings. The summed E-state index contributed by atoms with van der Waals surface area (Å²) in [4.78, 5) is 8.24. The zero-order valence-electron chi connectivity index (χ0n) is 14.0. The molecule has 0 bridgehead atoms. The lowest BCUT2D eigenvalue weighted by Gasteiger charge is -2.36. The van der Waals surface area contributed by atoms with Gasteiger partial charge in [-0.25, -0.2) is 9.37 Å². The number of ether oxygens (including phenoxy) is 1. The van der Waals surface area contributed by atoms with Crippen LogP contribution in [-0.2, 0) is 11.3 Å². The van der Waals surface area contributed by atoms with Crippen molar-refractivity contribution in [3.05, 3.63) is 51.7 Å². The number of piperazine rings is 1. The number of hydrogen-bond acceptors (Lipinski definition) is 5. The van der Waals surface area contributed by atoms with Gasteiger partial charge in [0.2, 0.25) is 0 Å². The van der Waals surface area contributed by atoms with Crippen LogP contribution in [0.15, 0.2) is 30.5 Å². The Morgan fingerprint density at radius 2 is 2.32 bits per heavy atom. The molecule has 2 aromatic rings. The van der Waals surface area contributed by atoms with E-state index in [1.807, 2.05) is 12.3 Å². The van der Waals surface area contributed by atoms with E-state index in [-0.39, 0.29) is 30.4 Å². The van der Waals surface area contributed by atoms with E-state index in [2.05, 4.69) is 15.2 Å². The predicted molar refractivity (Wildman–Crippen MR) is 99.7 cm³/mol. The molecule has 0 aliphatic carbocycles. The summed E-state index contributed by atoms with van der Waals surface area (Å²) >= 11 is 1.75. The van der Waals surface area contributed by atoms with Crippen LogP contribution in [0.5, 0.6) is 0 Å². The Kier molecular flexibility index (Phi) is 6.41. The van der Waals surface area contributed by atoms with Gasteiger partial charge in [0.25, 0.3) is 0 Å². The van der Waals surface area contributed by atoms with Crippen LogP contribution in [-0.4, -0.2) is 36.1 Å². The lowest BCUT2D eigenvalue weighted by Crippen LogP contribution is -2.45. The molecule has 4 rings (SSSR count). The molecule has 0 spiro atoms. The van der Waals surface area contributed by atoms with Crippen molar-refractivity contribution in [3.8, 4) is 0 Å². The number of hydrogen-bond donors (Lipinski definition) is 1. The van der Waals surface area contributed by atoms with Crippen LogP contribution >= 0.6 is 23.7 Å². The molecule has 25 heavy (non-hydrogen) atoms. The van der Waals surface area contributed by atoms with Gasteiger partial charge in [0.15, 0.2) is 0 Å². The van der Waals surface area contributed by atoms with Crippen LogP contribution in [0.25, 0.3) is 0 Å². The normalized spacial score (nSPS) is 24.2. The summed E-state index contributed by atoms with van der Waals surface area (Å²) in [5.41, 5.74) is 1.03. The van der Waals surface area contributed by atoms with Crippen LogP contribution < -0.4 is 5.32 Å². The molecule has 7 heteroatoms. The highest BCUT2D eigenvalue weighted by atomic mass is 35.5. The molecular formula is C18H23ClFN3OS. The van der Waals surface area contributed by atoms with Crippen LogP contribution in [0.4, 0.5) is 4.39 Å². The largest absolute Gasteiger partial charge is 0.371 e. The monoisotopic (exact) mass is 383 g/mol. The highest BCUT2D eigenvalue weighted by Crippen LogP contribution is 2.33.